The quantitative estimate of drug-likeness (QED) is 0.502. The SMILES string of the molecule is COc1ccc(-n2nc(S(C)(=O)=O)cc2C(=O)Nc2ccc(C3(CCN(C)C)CC3)cc2)cc1. The van der Waals surface area contributed by atoms with Crippen molar-refractivity contribution in [3.05, 3.63) is 65.9 Å². The molecule has 1 heterocycles. The largest absolute Gasteiger partial charge is 0.497 e. The monoisotopic (exact) mass is 482 g/mol. The van der Waals surface area contributed by atoms with Gasteiger partial charge in [-0.3, -0.25) is 4.79 Å². The van der Waals surface area contributed by atoms with Gasteiger partial charge in [-0.1, -0.05) is 12.1 Å². The first-order valence-corrected chi connectivity index (χ1v) is 13.0. The first-order valence-electron chi connectivity index (χ1n) is 11.1. The van der Waals surface area contributed by atoms with Gasteiger partial charge in [-0.2, -0.15) is 5.10 Å². The third-order valence-electron chi connectivity index (χ3n) is 6.26. The highest BCUT2D eigenvalue weighted by Gasteiger charge is 2.43. The van der Waals surface area contributed by atoms with Crippen LogP contribution in [0.15, 0.2) is 59.6 Å². The Kier molecular flexibility index (Phi) is 6.51. The van der Waals surface area contributed by atoms with Crippen molar-refractivity contribution < 1.29 is 17.9 Å². The minimum Gasteiger partial charge on any atom is -0.497 e. The highest BCUT2D eigenvalue weighted by molar-refractivity contribution is 7.90. The number of carbonyl (C=O) groups excluding carboxylic acids is 1. The number of amides is 1. The van der Waals surface area contributed by atoms with E-state index in [1.54, 1.807) is 31.4 Å². The third-order valence-corrected chi connectivity index (χ3v) is 7.22. The van der Waals surface area contributed by atoms with E-state index in [0.29, 0.717) is 17.1 Å². The maximum absolute atomic E-state index is 13.1. The van der Waals surface area contributed by atoms with Crippen molar-refractivity contribution >= 4 is 21.4 Å². The van der Waals surface area contributed by atoms with Crippen LogP contribution in [0, 0.1) is 0 Å². The fourth-order valence-corrected chi connectivity index (χ4v) is 4.55. The predicted octanol–water partition coefficient (Wildman–Crippen LogP) is 3.52. The van der Waals surface area contributed by atoms with Gasteiger partial charge >= 0.3 is 0 Å². The highest BCUT2D eigenvalue weighted by atomic mass is 32.2. The number of hydrogen-bond acceptors (Lipinski definition) is 6. The van der Waals surface area contributed by atoms with E-state index in [2.05, 4.69) is 41.5 Å². The molecule has 1 saturated carbocycles. The van der Waals surface area contributed by atoms with E-state index in [0.717, 1.165) is 19.2 Å². The molecule has 1 amide bonds. The molecule has 0 aliphatic heterocycles. The van der Waals surface area contributed by atoms with E-state index in [1.165, 1.54) is 29.2 Å². The number of methoxy groups -OCH3 is 1. The summed E-state index contributed by atoms with van der Waals surface area (Å²) < 4.78 is 30.7. The van der Waals surface area contributed by atoms with Gasteiger partial charge in [0.1, 0.15) is 11.4 Å². The number of nitrogens with one attached hydrogen (secondary N) is 1. The number of nitrogens with zero attached hydrogens (tertiary/aromatic N) is 3. The Labute approximate surface area is 200 Å². The van der Waals surface area contributed by atoms with E-state index in [9.17, 15) is 13.2 Å². The number of hydrogen-bond donors (Lipinski definition) is 1. The Morgan fingerprint density at radius 3 is 2.29 bits per heavy atom. The zero-order valence-electron chi connectivity index (χ0n) is 19.9. The maximum atomic E-state index is 13.1. The number of rotatable bonds is 9. The molecule has 1 aliphatic carbocycles. The van der Waals surface area contributed by atoms with Crippen molar-refractivity contribution in [1.29, 1.82) is 0 Å². The average Bonchev–Trinajstić information content (AvgIpc) is 3.45. The lowest BCUT2D eigenvalue weighted by Crippen LogP contribution is -2.19. The number of sulfone groups is 1. The second-order valence-electron chi connectivity index (χ2n) is 9.11. The van der Waals surface area contributed by atoms with Crippen LogP contribution in [0.4, 0.5) is 5.69 Å². The van der Waals surface area contributed by atoms with Crippen LogP contribution in [0.25, 0.3) is 5.69 Å². The van der Waals surface area contributed by atoms with Crippen molar-refractivity contribution in [3.63, 3.8) is 0 Å². The van der Waals surface area contributed by atoms with Gasteiger partial charge in [0.15, 0.2) is 14.9 Å². The molecule has 0 unspecified atom stereocenters. The Bertz CT molecular complexity index is 1280. The van der Waals surface area contributed by atoms with Crippen LogP contribution in [-0.2, 0) is 15.3 Å². The van der Waals surface area contributed by atoms with Gasteiger partial charge in [0.25, 0.3) is 5.91 Å². The van der Waals surface area contributed by atoms with E-state index < -0.39 is 15.7 Å². The van der Waals surface area contributed by atoms with Crippen LogP contribution in [-0.4, -0.2) is 63.0 Å². The Balaban J connectivity index is 1.57. The lowest BCUT2D eigenvalue weighted by molar-refractivity contribution is 0.101. The summed E-state index contributed by atoms with van der Waals surface area (Å²) in [6.07, 6.45) is 4.54. The van der Waals surface area contributed by atoms with Gasteiger partial charge in [-0.15, -0.1) is 0 Å². The molecule has 0 atom stereocenters. The number of benzene rings is 2. The number of carbonyl (C=O) groups is 1. The molecule has 1 fully saturated rings. The van der Waals surface area contributed by atoms with E-state index >= 15 is 0 Å². The molecule has 0 saturated heterocycles. The molecule has 0 spiro atoms. The van der Waals surface area contributed by atoms with Gasteiger partial charge in [-0.05, 0) is 87.3 Å². The molecule has 9 heteroatoms. The van der Waals surface area contributed by atoms with Gasteiger partial charge in [0, 0.05) is 18.0 Å². The average molecular weight is 483 g/mol. The van der Waals surface area contributed by atoms with Gasteiger partial charge in [0.05, 0.1) is 12.8 Å². The standard InChI is InChI=1S/C25H30N4O4S/c1-28(2)16-15-25(13-14-25)18-5-7-19(8-6-18)26-24(30)22-17-23(34(4,31)32)27-29(22)20-9-11-21(33-3)12-10-20/h5-12,17H,13-16H2,1-4H3,(H,26,30). The molecule has 4 rings (SSSR count). The van der Waals surface area contributed by atoms with Gasteiger partial charge in [0.2, 0.25) is 0 Å². The van der Waals surface area contributed by atoms with E-state index in [4.69, 9.17) is 4.74 Å². The summed E-state index contributed by atoms with van der Waals surface area (Å²) in [7, 11) is 2.13. The van der Waals surface area contributed by atoms with E-state index in [1.807, 2.05) is 12.1 Å². The molecule has 0 radical (unpaired) electrons. The Morgan fingerprint density at radius 1 is 1.12 bits per heavy atom. The smallest absolute Gasteiger partial charge is 0.274 e. The number of aromatic nitrogens is 2. The second-order valence-corrected chi connectivity index (χ2v) is 11.1. The summed E-state index contributed by atoms with van der Waals surface area (Å²) in [6.45, 7) is 1.04. The third kappa shape index (κ3) is 5.15. The summed E-state index contributed by atoms with van der Waals surface area (Å²) in [6, 6.07) is 16.1. The van der Waals surface area contributed by atoms with Crippen LogP contribution in [0.5, 0.6) is 5.75 Å². The fraction of sp³-hybridized carbons (Fsp3) is 0.360. The van der Waals surface area contributed by atoms with Crippen LogP contribution >= 0.6 is 0 Å². The molecule has 2 aromatic carbocycles. The van der Waals surface area contributed by atoms with Crippen LogP contribution in [0.1, 0.15) is 35.3 Å². The van der Waals surface area contributed by atoms with Crippen LogP contribution < -0.4 is 10.1 Å². The van der Waals surface area contributed by atoms with Gasteiger partial charge < -0.3 is 15.0 Å². The molecule has 1 aromatic heterocycles. The van der Waals surface area contributed by atoms with Crippen LogP contribution in [0.3, 0.4) is 0 Å². The summed E-state index contributed by atoms with van der Waals surface area (Å²) in [5, 5.41) is 6.89. The normalized spacial score (nSPS) is 14.7. The summed E-state index contributed by atoms with van der Waals surface area (Å²) in [4.78, 5) is 15.3. The lowest BCUT2D eigenvalue weighted by atomic mass is 9.92. The number of anilines is 1. The molecular weight excluding hydrogens is 452 g/mol. The summed E-state index contributed by atoms with van der Waals surface area (Å²) in [5.41, 5.74) is 2.84. The maximum Gasteiger partial charge on any atom is 0.274 e. The van der Waals surface area contributed by atoms with Crippen molar-refractivity contribution in [2.24, 2.45) is 0 Å². The van der Waals surface area contributed by atoms with Crippen molar-refractivity contribution in [1.82, 2.24) is 14.7 Å². The fourth-order valence-electron chi connectivity index (χ4n) is 4.00. The van der Waals surface area contributed by atoms with Gasteiger partial charge in [-0.25, -0.2) is 13.1 Å². The Morgan fingerprint density at radius 2 is 1.76 bits per heavy atom. The van der Waals surface area contributed by atoms with E-state index in [-0.39, 0.29) is 16.1 Å². The van der Waals surface area contributed by atoms with Crippen molar-refractivity contribution in [3.8, 4) is 11.4 Å². The molecule has 1 N–H and O–H groups in total. The summed E-state index contributed by atoms with van der Waals surface area (Å²) >= 11 is 0. The van der Waals surface area contributed by atoms with Crippen molar-refractivity contribution in [2.75, 3.05) is 39.3 Å². The minimum atomic E-state index is -3.60. The molecule has 3 aromatic rings. The molecule has 34 heavy (non-hydrogen) atoms. The Hall–Kier alpha value is -3.17. The molecule has 1 aliphatic rings. The topological polar surface area (TPSA) is 93.5 Å². The first-order chi connectivity index (χ1) is 16.1. The molecule has 180 valence electrons. The molecule has 0 bridgehead atoms. The second kappa shape index (κ2) is 9.23. The zero-order valence-corrected chi connectivity index (χ0v) is 20.7. The lowest BCUT2D eigenvalue weighted by Gasteiger charge is -2.19. The zero-order chi connectivity index (χ0) is 24.5. The highest BCUT2D eigenvalue weighted by Crippen LogP contribution is 2.51. The summed E-state index contributed by atoms with van der Waals surface area (Å²) in [5.74, 6) is 0.198. The predicted molar refractivity (Wildman–Crippen MR) is 132 cm³/mol. The minimum absolute atomic E-state index is 0.124. The number of ether oxygens (including phenoxy) is 1. The van der Waals surface area contributed by atoms with Crippen LogP contribution in [0.2, 0.25) is 0 Å². The van der Waals surface area contributed by atoms with Crippen molar-refractivity contribution in [2.45, 2.75) is 29.7 Å². The molecular formula is C25H30N4O4S. The first kappa shape index (κ1) is 24.0. The molecule has 8 nitrogen and oxygen atoms in total.